The van der Waals surface area contributed by atoms with Gasteiger partial charge >= 0.3 is 11.9 Å². The molecule has 0 amide bonds. The topological polar surface area (TPSA) is 69.6 Å². The lowest BCUT2D eigenvalue weighted by Crippen LogP contribution is -2.12. The van der Waals surface area contributed by atoms with E-state index in [2.05, 4.69) is 28.9 Å². The molecule has 0 aliphatic rings. The maximum Gasteiger partial charge on any atom is 0.332 e. The zero-order chi connectivity index (χ0) is 20.8. The second kappa shape index (κ2) is 9.28. The normalized spacial score (nSPS) is 11.6. The molecule has 2 aromatic carbocycles. The van der Waals surface area contributed by atoms with Crippen LogP contribution in [0.3, 0.4) is 0 Å². The Morgan fingerprint density at radius 2 is 1.69 bits per heavy atom. The van der Waals surface area contributed by atoms with Crippen LogP contribution in [0.2, 0.25) is 0 Å². The van der Waals surface area contributed by atoms with Gasteiger partial charge in [0, 0.05) is 45.8 Å². The average molecular weight is 394 g/mol. The van der Waals surface area contributed by atoms with Gasteiger partial charge in [-0.1, -0.05) is 18.2 Å². The molecule has 0 atom stereocenters. The van der Waals surface area contributed by atoms with Gasteiger partial charge in [0.25, 0.3) is 0 Å². The molecule has 1 aromatic heterocycles. The minimum Gasteiger partial charge on any atom is -0.466 e. The SMILES string of the molecule is CCOC(=O)/C=C(/CC(=O)OCC)Nc1ccc2c(c1)c1ccccc1n2CC. The average Bonchev–Trinajstić information content (AvgIpc) is 3.01. The van der Waals surface area contributed by atoms with E-state index in [4.69, 9.17) is 9.47 Å². The zero-order valence-electron chi connectivity index (χ0n) is 17.0. The van der Waals surface area contributed by atoms with Gasteiger partial charge < -0.3 is 19.4 Å². The number of aromatic nitrogens is 1. The lowest BCUT2D eigenvalue weighted by Gasteiger charge is -2.11. The van der Waals surface area contributed by atoms with Gasteiger partial charge in [-0.25, -0.2) is 4.79 Å². The molecule has 1 heterocycles. The minimum absolute atomic E-state index is 0.0403. The molecule has 0 spiro atoms. The molecule has 0 aliphatic carbocycles. The van der Waals surface area contributed by atoms with Crippen LogP contribution in [-0.4, -0.2) is 29.7 Å². The van der Waals surface area contributed by atoms with Gasteiger partial charge in [0.2, 0.25) is 0 Å². The van der Waals surface area contributed by atoms with Gasteiger partial charge in [0.1, 0.15) is 0 Å². The van der Waals surface area contributed by atoms with Crippen LogP contribution in [0.15, 0.2) is 54.2 Å². The molecule has 0 aliphatic heterocycles. The molecule has 152 valence electrons. The van der Waals surface area contributed by atoms with Crippen molar-refractivity contribution < 1.29 is 19.1 Å². The van der Waals surface area contributed by atoms with E-state index in [1.165, 1.54) is 11.6 Å². The molecule has 6 nitrogen and oxygen atoms in total. The Morgan fingerprint density at radius 3 is 2.41 bits per heavy atom. The third-order valence-corrected chi connectivity index (χ3v) is 4.61. The van der Waals surface area contributed by atoms with E-state index in [9.17, 15) is 9.59 Å². The summed E-state index contributed by atoms with van der Waals surface area (Å²) in [5.41, 5.74) is 3.54. The van der Waals surface area contributed by atoms with Crippen molar-refractivity contribution in [3.8, 4) is 0 Å². The van der Waals surface area contributed by atoms with Crippen molar-refractivity contribution in [3.05, 3.63) is 54.2 Å². The number of carbonyl (C=O) groups excluding carboxylic acids is 2. The molecule has 0 saturated heterocycles. The lowest BCUT2D eigenvalue weighted by molar-refractivity contribution is -0.142. The quantitative estimate of drug-likeness (QED) is 0.446. The highest BCUT2D eigenvalue weighted by Crippen LogP contribution is 2.31. The summed E-state index contributed by atoms with van der Waals surface area (Å²) >= 11 is 0. The summed E-state index contributed by atoms with van der Waals surface area (Å²) in [5, 5.41) is 5.46. The van der Waals surface area contributed by atoms with E-state index in [1.54, 1.807) is 13.8 Å². The fraction of sp³-hybridized carbons (Fsp3) is 0.304. The molecule has 0 radical (unpaired) electrons. The highest BCUT2D eigenvalue weighted by Gasteiger charge is 2.13. The van der Waals surface area contributed by atoms with Crippen LogP contribution >= 0.6 is 0 Å². The largest absolute Gasteiger partial charge is 0.466 e. The van der Waals surface area contributed by atoms with Gasteiger partial charge in [0.15, 0.2) is 0 Å². The predicted octanol–water partition coefficient (Wildman–Crippen LogP) is 4.63. The number of hydrogen-bond acceptors (Lipinski definition) is 5. The first-order valence-electron chi connectivity index (χ1n) is 9.88. The van der Waals surface area contributed by atoms with Gasteiger partial charge in [-0.2, -0.15) is 0 Å². The molecule has 1 N–H and O–H groups in total. The molecule has 29 heavy (non-hydrogen) atoms. The summed E-state index contributed by atoms with van der Waals surface area (Å²) in [6.45, 7) is 7.03. The molecule has 0 fully saturated rings. The van der Waals surface area contributed by atoms with Crippen molar-refractivity contribution >= 4 is 39.4 Å². The Bertz CT molecular complexity index is 1070. The smallest absolute Gasteiger partial charge is 0.332 e. The van der Waals surface area contributed by atoms with E-state index in [-0.39, 0.29) is 19.6 Å². The number of rotatable bonds is 8. The van der Waals surface area contributed by atoms with Crippen molar-refractivity contribution in [2.75, 3.05) is 18.5 Å². The number of hydrogen-bond donors (Lipinski definition) is 1. The highest BCUT2D eigenvalue weighted by molar-refractivity contribution is 6.09. The van der Waals surface area contributed by atoms with E-state index < -0.39 is 11.9 Å². The molecule has 3 aromatic rings. The summed E-state index contributed by atoms with van der Waals surface area (Å²) < 4.78 is 12.3. The van der Waals surface area contributed by atoms with Crippen molar-refractivity contribution in [1.82, 2.24) is 4.57 Å². The first-order chi connectivity index (χ1) is 14.1. The van der Waals surface area contributed by atoms with Crippen LogP contribution in [0.25, 0.3) is 21.8 Å². The first-order valence-corrected chi connectivity index (χ1v) is 9.88. The fourth-order valence-corrected chi connectivity index (χ4v) is 3.48. The summed E-state index contributed by atoms with van der Waals surface area (Å²) in [6.07, 6.45) is 1.27. The molecule has 0 unspecified atom stereocenters. The summed E-state index contributed by atoms with van der Waals surface area (Å²) in [6, 6.07) is 14.3. The number of ether oxygens (including phenoxy) is 2. The summed E-state index contributed by atoms with van der Waals surface area (Å²) in [5.74, 6) is -0.901. The zero-order valence-corrected chi connectivity index (χ0v) is 17.0. The highest BCUT2D eigenvalue weighted by atomic mass is 16.5. The number of aryl methyl sites for hydroxylation is 1. The van der Waals surface area contributed by atoms with Crippen LogP contribution < -0.4 is 5.32 Å². The number of esters is 2. The Kier molecular flexibility index (Phi) is 6.54. The molecule has 0 saturated carbocycles. The number of carbonyl (C=O) groups is 2. The monoisotopic (exact) mass is 394 g/mol. The maximum absolute atomic E-state index is 12.0. The molecule has 0 bridgehead atoms. The second-order valence-corrected chi connectivity index (χ2v) is 6.52. The van der Waals surface area contributed by atoms with Gasteiger partial charge in [-0.3, -0.25) is 4.79 Å². The third-order valence-electron chi connectivity index (χ3n) is 4.61. The fourth-order valence-electron chi connectivity index (χ4n) is 3.48. The molecule has 6 heteroatoms. The van der Waals surface area contributed by atoms with Crippen LogP contribution in [0.4, 0.5) is 5.69 Å². The Labute approximate surface area is 170 Å². The standard InChI is InChI=1S/C23H26N2O4/c1-4-25-20-10-8-7-9-18(20)19-13-16(11-12-21(19)25)24-17(14-22(26)28-5-2)15-23(27)29-6-3/h7-14,24H,4-6,15H2,1-3H3/b17-14-. The number of nitrogens with zero attached hydrogens (tertiary/aromatic N) is 1. The molecular formula is C23H26N2O4. The van der Waals surface area contributed by atoms with Gasteiger partial charge in [-0.05, 0) is 45.0 Å². The maximum atomic E-state index is 12.0. The van der Waals surface area contributed by atoms with Crippen molar-refractivity contribution in [3.63, 3.8) is 0 Å². The van der Waals surface area contributed by atoms with Crippen LogP contribution in [0, 0.1) is 0 Å². The number of fused-ring (bicyclic) bond motifs is 3. The summed E-state index contributed by atoms with van der Waals surface area (Å²) in [4.78, 5) is 23.9. The summed E-state index contributed by atoms with van der Waals surface area (Å²) in [7, 11) is 0. The Morgan fingerprint density at radius 1 is 0.966 bits per heavy atom. The van der Waals surface area contributed by atoms with E-state index in [1.807, 2.05) is 30.3 Å². The second-order valence-electron chi connectivity index (χ2n) is 6.52. The Balaban J connectivity index is 1.97. The van der Waals surface area contributed by atoms with Crippen LogP contribution in [-0.2, 0) is 25.6 Å². The molecular weight excluding hydrogens is 368 g/mol. The van der Waals surface area contributed by atoms with E-state index in [0.29, 0.717) is 5.70 Å². The van der Waals surface area contributed by atoms with Gasteiger partial charge in [-0.15, -0.1) is 0 Å². The number of anilines is 1. The predicted molar refractivity (Wildman–Crippen MR) is 115 cm³/mol. The number of benzene rings is 2. The van der Waals surface area contributed by atoms with Crippen molar-refractivity contribution in [1.29, 1.82) is 0 Å². The van der Waals surface area contributed by atoms with Crippen molar-refractivity contribution in [2.45, 2.75) is 33.7 Å². The van der Waals surface area contributed by atoms with E-state index >= 15 is 0 Å². The number of para-hydroxylation sites is 1. The minimum atomic E-state index is -0.497. The van der Waals surface area contributed by atoms with Crippen LogP contribution in [0.1, 0.15) is 27.2 Å². The Hall–Kier alpha value is -3.28. The molecule has 3 rings (SSSR count). The lowest BCUT2D eigenvalue weighted by atomic mass is 10.1. The third kappa shape index (κ3) is 4.59. The van der Waals surface area contributed by atoms with Crippen molar-refractivity contribution in [2.24, 2.45) is 0 Å². The van der Waals surface area contributed by atoms with Gasteiger partial charge in [0.05, 0.1) is 19.6 Å². The van der Waals surface area contributed by atoms with E-state index in [0.717, 1.165) is 28.5 Å². The van der Waals surface area contributed by atoms with Crippen LogP contribution in [0.5, 0.6) is 0 Å². The first kappa shape index (κ1) is 20.5. The number of nitrogens with one attached hydrogen (secondary N) is 1.